The zero-order valence-electron chi connectivity index (χ0n) is 13.1. The maximum absolute atomic E-state index is 12.1. The summed E-state index contributed by atoms with van der Waals surface area (Å²) in [5, 5.41) is 12.2. The summed E-state index contributed by atoms with van der Waals surface area (Å²) in [6.45, 7) is 5.11. The number of halogens is 1. The lowest BCUT2D eigenvalue weighted by Crippen LogP contribution is -2.36. The van der Waals surface area contributed by atoms with Crippen LogP contribution < -0.4 is 10.2 Å². The zero-order valence-corrected chi connectivity index (χ0v) is 16.9. The molecule has 1 aliphatic heterocycles. The Bertz CT molecular complexity index is 719. The third kappa shape index (κ3) is 4.80. The minimum absolute atomic E-state index is 0.0348. The average Bonchev–Trinajstić information content (AvgIpc) is 3.05. The lowest BCUT2D eigenvalue weighted by molar-refractivity contribution is -0.113. The largest absolute Gasteiger partial charge is 0.378 e. The van der Waals surface area contributed by atoms with E-state index in [2.05, 4.69) is 43.0 Å². The van der Waals surface area contributed by atoms with Crippen LogP contribution in [-0.2, 0) is 9.53 Å². The fraction of sp³-hybridized carbons (Fsp3) is 0.400. The first-order valence-electron chi connectivity index (χ1n) is 7.47. The highest BCUT2D eigenvalue weighted by molar-refractivity contribution is 14.1. The van der Waals surface area contributed by atoms with E-state index in [0.29, 0.717) is 5.75 Å². The van der Waals surface area contributed by atoms with Crippen molar-refractivity contribution in [3.8, 4) is 0 Å². The van der Waals surface area contributed by atoms with Gasteiger partial charge in [-0.3, -0.25) is 4.79 Å². The van der Waals surface area contributed by atoms with Gasteiger partial charge >= 0.3 is 0 Å². The molecule has 0 saturated carbocycles. The van der Waals surface area contributed by atoms with Crippen molar-refractivity contribution in [1.82, 2.24) is 10.2 Å². The van der Waals surface area contributed by atoms with Crippen LogP contribution in [0.15, 0.2) is 22.5 Å². The van der Waals surface area contributed by atoms with Crippen molar-refractivity contribution in [3.63, 3.8) is 0 Å². The summed E-state index contributed by atoms with van der Waals surface area (Å²) in [6, 6.07) is 5.96. The van der Waals surface area contributed by atoms with Gasteiger partial charge in [-0.15, -0.1) is 10.2 Å². The number of thioether (sulfide) groups is 1. The van der Waals surface area contributed by atoms with Crippen LogP contribution in [0.25, 0.3) is 0 Å². The van der Waals surface area contributed by atoms with Gasteiger partial charge in [0, 0.05) is 22.3 Å². The summed E-state index contributed by atoms with van der Waals surface area (Å²) in [6.07, 6.45) is 0. The summed E-state index contributed by atoms with van der Waals surface area (Å²) in [7, 11) is 0. The van der Waals surface area contributed by atoms with E-state index in [1.54, 1.807) is 0 Å². The van der Waals surface area contributed by atoms with Crippen molar-refractivity contribution in [1.29, 1.82) is 0 Å². The van der Waals surface area contributed by atoms with Gasteiger partial charge in [-0.2, -0.15) is 0 Å². The number of amides is 1. The van der Waals surface area contributed by atoms with E-state index in [1.807, 2.05) is 25.1 Å². The molecule has 1 aliphatic rings. The Labute approximate surface area is 162 Å². The molecule has 1 amide bonds. The van der Waals surface area contributed by atoms with Crippen molar-refractivity contribution in [2.75, 3.05) is 42.3 Å². The van der Waals surface area contributed by atoms with Crippen LogP contribution in [0.5, 0.6) is 0 Å². The Kier molecular flexibility index (Phi) is 6.31. The number of anilines is 2. The molecule has 0 atom stereocenters. The highest BCUT2D eigenvalue weighted by Gasteiger charge is 2.16. The molecule has 0 aliphatic carbocycles. The van der Waals surface area contributed by atoms with Gasteiger partial charge in [0.25, 0.3) is 0 Å². The third-order valence-corrected chi connectivity index (χ3v) is 6.26. The van der Waals surface area contributed by atoms with E-state index in [0.717, 1.165) is 50.6 Å². The van der Waals surface area contributed by atoms with Gasteiger partial charge in [0.05, 0.1) is 19.0 Å². The fourth-order valence-electron chi connectivity index (χ4n) is 2.22. The summed E-state index contributed by atoms with van der Waals surface area (Å²) in [5.41, 5.74) is 1.91. The minimum Gasteiger partial charge on any atom is -0.378 e. The number of ether oxygens (including phenoxy) is 1. The van der Waals surface area contributed by atoms with Crippen LogP contribution in [0.2, 0.25) is 0 Å². The lowest BCUT2D eigenvalue weighted by Gasteiger charge is -2.25. The van der Waals surface area contributed by atoms with Crippen LogP contribution in [0.3, 0.4) is 0 Å². The molecule has 1 aromatic heterocycles. The second kappa shape index (κ2) is 8.45. The van der Waals surface area contributed by atoms with Crippen LogP contribution in [0.1, 0.15) is 5.56 Å². The molecule has 6 nitrogen and oxygen atoms in total. The average molecular weight is 476 g/mol. The first-order valence-corrected chi connectivity index (χ1v) is 10.3. The van der Waals surface area contributed by atoms with Gasteiger partial charge < -0.3 is 15.0 Å². The molecule has 24 heavy (non-hydrogen) atoms. The fourth-order valence-corrected chi connectivity index (χ4v) is 4.56. The number of aryl methyl sites for hydroxylation is 1. The van der Waals surface area contributed by atoms with Gasteiger partial charge in [0.1, 0.15) is 0 Å². The summed E-state index contributed by atoms with van der Waals surface area (Å²) >= 11 is 5.20. The molecule has 2 heterocycles. The molecule has 0 unspecified atom stereocenters. The van der Waals surface area contributed by atoms with E-state index in [4.69, 9.17) is 4.74 Å². The Morgan fingerprint density at radius 3 is 2.96 bits per heavy atom. The first-order chi connectivity index (χ1) is 11.6. The molecule has 9 heteroatoms. The first kappa shape index (κ1) is 17.9. The second-order valence-electron chi connectivity index (χ2n) is 5.25. The lowest BCUT2D eigenvalue weighted by atomic mass is 10.2. The standard InChI is InChI=1S/C15H17IN4O2S2/c1-10-8-11(16)2-3-12(10)17-13(21)9-23-15-19-18-14(24-15)20-4-6-22-7-5-20/h2-3,8H,4-7,9H2,1H3,(H,17,21). The van der Waals surface area contributed by atoms with Gasteiger partial charge in [-0.1, -0.05) is 23.1 Å². The molecule has 2 aromatic rings. The normalized spacial score (nSPS) is 14.7. The molecule has 1 saturated heterocycles. The SMILES string of the molecule is Cc1cc(I)ccc1NC(=O)CSc1nnc(N2CCOCC2)s1. The van der Waals surface area contributed by atoms with Crippen molar-refractivity contribution >= 4 is 62.4 Å². The number of nitrogens with zero attached hydrogens (tertiary/aromatic N) is 3. The number of carbonyl (C=O) groups is 1. The molecule has 0 spiro atoms. The monoisotopic (exact) mass is 476 g/mol. The van der Waals surface area contributed by atoms with Crippen molar-refractivity contribution in [2.45, 2.75) is 11.3 Å². The van der Waals surface area contributed by atoms with Gasteiger partial charge in [-0.25, -0.2) is 0 Å². The van der Waals surface area contributed by atoms with E-state index in [9.17, 15) is 4.79 Å². The Morgan fingerprint density at radius 2 is 2.21 bits per heavy atom. The van der Waals surface area contributed by atoms with Crippen molar-refractivity contribution in [2.24, 2.45) is 0 Å². The predicted octanol–water partition coefficient (Wildman–Crippen LogP) is 3.02. The highest BCUT2D eigenvalue weighted by Crippen LogP contribution is 2.28. The van der Waals surface area contributed by atoms with E-state index in [-0.39, 0.29) is 5.91 Å². The molecule has 1 fully saturated rings. The molecule has 0 radical (unpaired) electrons. The van der Waals surface area contributed by atoms with Crippen molar-refractivity contribution < 1.29 is 9.53 Å². The summed E-state index contributed by atoms with van der Waals surface area (Å²) < 4.78 is 7.30. The predicted molar refractivity (Wildman–Crippen MR) is 106 cm³/mol. The molecule has 1 aromatic carbocycles. The number of morpholine rings is 1. The number of carbonyl (C=O) groups excluding carboxylic acids is 1. The van der Waals surface area contributed by atoms with E-state index >= 15 is 0 Å². The molecule has 128 valence electrons. The number of benzene rings is 1. The van der Waals surface area contributed by atoms with Gasteiger partial charge in [0.2, 0.25) is 11.0 Å². The quantitative estimate of drug-likeness (QED) is 0.529. The topological polar surface area (TPSA) is 67.4 Å². The number of hydrogen-bond acceptors (Lipinski definition) is 7. The van der Waals surface area contributed by atoms with Crippen LogP contribution in [0, 0.1) is 10.5 Å². The highest BCUT2D eigenvalue weighted by atomic mass is 127. The molecule has 3 rings (SSSR count). The van der Waals surface area contributed by atoms with Crippen LogP contribution in [0.4, 0.5) is 10.8 Å². The molecule has 1 N–H and O–H groups in total. The number of rotatable bonds is 5. The number of aromatic nitrogens is 2. The Hall–Kier alpha value is -0.910. The van der Waals surface area contributed by atoms with Gasteiger partial charge in [0.15, 0.2) is 4.34 Å². The summed E-state index contributed by atoms with van der Waals surface area (Å²) in [4.78, 5) is 14.3. The maximum atomic E-state index is 12.1. The second-order valence-corrected chi connectivity index (χ2v) is 8.67. The Balaban J connectivity index is 1.52. The third-order valence-electron chi connectivity index (χ3n) is 3.47. The Morgan fingerprint density at radius 1 is 1.42 bits per heavy atom. The number of hydrogen-bond donors (Lipinski definition) is 1. The molecular weight excluding hydrogens is 459 g/mol. The smallest absolute Gasteiger partial charge is 0.234 e. The van der Waals surface area contributed by atoms with Crippen LogP contribution >= 0.6 is 45.7 Å². The molecular formula is C15H17IN4O2S2. The number of nitrogens with one attached hydrogen (secondary N) is 1. The summed E-state index contributed by atoms with van der Waals surface area (Å²) in [5.74, 6) is 0.288. The van der Waals surface area contributed by atoms with E-state index in [1.165, 1.54) is 23.1 Å². The van der Waals surface area contributed by atoms with Crippen molar-refractivity contribution in [3.05, 3.63) is 27.3 Å². The maximum Gasteiger partial charge on any atom is 0.234 e. The minimum atomic E-state index is -0.0348. The van der Waals surface area contributed by atoms with Gasteiger partial charge in [-0.05, 0) is 53.3 Å². The van der Waals surface area contributed by atoms with E-state index < -0.39 is 0 Å². The van der Waals surface area contributed by atoms with Crippen LogP contribution in [-0.4, -0.2) is 48.2 Å². The zero-order chi connectivity index (χ0) is 16.9. The molecule has 0 bridgehead atoms.